The summed E-state index contributed by atoms with van der Waals surface area (Å²) in [4.78, 5) is 12.8. The highest BCUT2D eigenvalue weighted by Crippen LogP contribution is 2.20. The van der Waals surface area contributed by atoms with Crippen LogP contribution in [0.2, 0.25) is 0 Å². The third kappa shape index (κ3) is 2.86. The minimum absolute atomic E-state index is 0.491. The topological polar surface area (TPSA) is 73.8 Å². The third-order valence-electron chi connectivity index (χ3n) is 4.01. The normalized spacial score (nSPS) is 11.3. The minimum atomic E-state index is -0.526. The Morgan fingerprint density at radius 2 is 2.08 bits per heavy atom. The van der Waals surface area contributed by atoms with E-state index in [0.29, 0.717) is 18.1 Å². The van der Waals surface area contributed by atoms with Crippen LogP contribution in [0.3, 0.4) is 0 Å². The molecule has 0 saturated heterocycles. The zero-order chi connectivity index (χ0) is 17.2. The summed E-state index contributed by atoms with van der Waals surface area (Å²) < 4.78 is 17.2. The molecule has 25 heavy (non-hydrogen) atoms. The lowest BCUT2D eigenvalue weighted by molar-refractivity contribution is 0.584. The molecular weight excluding hydrogens is 321 g/mol. The van der Waals surface area contributed by atoms with Crippen molar-refractivity contribution in [2.24, 2.45) is 0 Å². The standard InChI is InChI=1S/C17H16FN7/c1-2-4-12-14(20-10-25-11-21-23-16(12)25)9-24-8-7-19-17(24)13-5-3-6-15(18)22-13/h3,5-8,10-11H,2,4,9H2,1H3. The smallest absolute Gasteiger partial charge is 0.213 e. The maximum absolute atomic E-state index is 13.4. The van der Waals surface area contributed by atoms with E-state index >= 15 is 0 Å². The Morgan fingerprint density at radius 1 is 1.16 bits per heavy atom. The van der Waals surface area contributed by atoms with Crippen molar-refractivity contribution in [1.29, 1.82) is 0 Å². The van der Waals surface area contributed by atoms with Gasteiger partial charge in [0.05, 0.1) is 12.2 Å². The van der Waals surface area contributed by atoms with E-state index in [2.05, 4.69) is 32.1 Å². The lowest BCUT2D eigenvalue weighted by Crippen LogP contribution is -2.09. The molecule has 8 heteroatoms. The number of pyridine rings is 1. The van der Waals surface area contributed by atoms with E-state index in [9.17, 15) is 4.39 Å². The van der Waals surface area contributed by atoms with Gasteiger partial charge >= 0.3 is 0 Å². The molecule has 0 amide bonds. The fourth-order valence-electron chi connectivity index (χ4n) is 2.89. The summed E-state index contributed by atoms with van der Waals surface area (Å²) in [7, 11) is 0. The first-order chi connectivity index (χ1) is 12.3. The lowest BCUT2D eigenvalue weighted by atomic mass is 10.1. The molecule has 0 unspecified atom stereocenters. The quantitative estimate of drug-likeness (QED) is 0.523. The molecule has 4 aromatic heterocycles. The molecule has 0 N–H and O–H groups in total. The van der Waals surface area contributed by atoms with Gasteiger partial charge in [-0.15, -0.1) is 10.2 Å². The highest BCUT2D eigenvalue weighted by molar-refractivity contribution is 5.51. The molecule has 4 rings (SSSR count). The molecule has 0 aliphatic rings. The Kier molecular flexibility index (Phi) is 3.93. The van der Waals surface area contributed by atoms with Gasteiger partial charge in [-0.1, -0.05) is 19.4 Å². The Balaban J connectivity index is 1.75. The fourth-order valence-corrected chi connectivity index (χ4v) is 2.89. The Hall–Kier alpha value is -3.16. The van der Waals surface area contributed by atoms with Gasteiger partial charge in [-0.25, -0.2) is 15.0 Å². The molecule has 0 bridgehead atoms. The molecule has 7 nitrogen and oxygen atoms in total. The molecule has 0 atom stereocenters. The van der Waals surface area contributed by atoms with Crippen molar-refractivity contribution in [3.8, 4) is 11.5 Å². The van der Waals surface area contributed by atoms with Crippen LogP contribution in [-0.2, 0) is 13.0 Å². The van der Waals surface area contributed by atoms with Crippen molar-refractivity contribution in [1.82, 2.24) is 34.1 Å². The fraction of sp³-hybridized carbons (Fsp3) is 0.235. The molecule has 4 aromatic rings. The molecule has 0 spiro atoms. The summed E-state index contributed by atoms with van der Waals surface area (Å²) >= 11 is 0. The van der Waals surface area contributed by atoms with E-state index in [4.69, 9.17) is 0 Å². The second-order valence-corrected chi connectivity index (χ2v) is 5.71. The highest BCUT2D eigenvalue weighted by atomic mass is 19.1. The summed E-state index contributed by atoms with van der Waals surface area (Å²) in [6, 6.07) is 4.68. The van der Waals surface area contributed by atoms with E-state index in [1.54, 1.807) is 31.0 Å². The van der Waals surface area contributed by atoms with Crippen LogP contribution in [0, 0.1) is 5.95 Å². The second-order valence-electron chi connectivity index (χ2n) is 5.71. The monoisotopic (exact) mass is 337 g/mol. The molecule has 0 fully saturated rings. The van der Waals surface area contributed by atoms with E-state index in [1.807, 2.05) is 15.2 Å². The van der Waals surface area contributed by atoms with Crippen LogP contribution >= 0.6 is 0 Å². The van der Waals surface area contributed by atoms with Gasteiger partial charge in [0.2, 0.25) is 5.95 Å². The van der Waals surface area contributed by atoms with E-state index in [1.165, 1.54) is 6.07 Å². The van der Waals surface area contributed by atoms with Gasteiger partial charge in [0.15, 0.2) is 11.5 Å². The number of aryl methyl sites for hydroxylation is 1. The van der Waals surface area contributed by atoms with Crippen LogP contribution in [0.5, 0.6) is 0 Å². The zero-order valence-electron chi connectivity index (χ0n) is 13.7. The first kappa shape index (κ1) is 15.4. The van der Waals surface area contributed by atoms with Crippen molar-refractivity contribution >= 4 is 5.65 Å². The van der Waals surface area contributed by atoms with Gasteiger partial charge in [0.25, 0.3) is 0 Å². The van der Waals surface area contributed by atoms with Crippen LogP contribution in [0.1, 0.15) is 24.6 Å². The second kappa shape index (κ2) is 6.39. The Morgan fingerprint density at radius 3 is 2.92 bits per heavy atom. The van der Waals surface area contributed by atoms with Crippen LogP contribution in [0.4, 0.5) is 4.39 Å². The van der Waals surface area contributed by atoms with Gasteiger partial charge in [0, 0.05) is 18.0 Å². The van der Waals surface area contributed by atoms with Crippen molar-refractivity contribution < 1.29 is 4.39 Å². The number of nitrogens with zero attached hydrogens (tertiary/aromatic N) is 7. The number of hydrogen-bond acceptors (Lipinski definition) is 5. The van der Waals surface area contributed by atoms with Crippen LogP contribution in [0.25, 0.3) is 17.2 Å². The predicted molar refractivity (Wildman–Crippen MR) is 89.3 cm³/mol. The average molecular weight is 337 g/mol. The number of halogens is 1. The van der Waals surface area contributed by atoms with Crippen molar-refractivity contribution in [2.75, 3.05) is 0 Å². The molecule has 0 aromatic carbocycles. The molecule has 4 heterocycles. The van der Waals surface area contributed by atoms with Crippen LogP contribution in [-0.4, -0.2) is 34.1 Å². The molecule has 0 aliphatic carbocycles. The van der Waals surface area contributed by atoms with Crippen LogP contribution < -0.4 is 0 Å². The summed E-state index contributed by atoms with van der Waals surface area (Å²) in [5.74, 6) is 0.0758. The first-order valence-corrected chi connectivity index (χ1v) is 8.06. The highest BCUT2D eigenvalue weighted by Gasteiger charge is 2.14. The zero-order valence-corrected chi connectivity index (χ0v) is 13.7. The maximum atomic E-state index is 13.4. The van der Waals surface area contributed by atoms with Gasteiger partial charge in [-0.05, 0) is 18.6 Å². The van der Waals surface area contributed by atoms with E-state index < -0.39 is 5.95 Å². The van der Waals surface area contributed by atoms with Gasteiger partial charge in [-0.3, -0.25) is 4.40 Å². The van der Waals surface area contributed by atoms with E-state index in [-0.39, 0.29) is 0 Å². The number of aromatic nitrogens is 7. The first-order valence-electron chi connectivity index (χ1n) is 8.06. The Labute approximate surface area is 143 Å². The largest absolute Gasteiger partial charge is 0.324 e. The average Bonchev–Trinajstić information content (AvgIpc) is 3.26. The van der Waals surface area contributed by atoms with Crippen molar-refractivity contribution in [3.63, 3.8) is 0 Å². The lowest BCUT2D eigenvalue weighted by Gasteiger charge is -2.11. The van der Waals surface area contributed by atoms with Gasteiger partial charge < -0.3 is 4.57 Å². The minimum Gasteiger partial charge on any atom is -0.324 e. The number of imidazole rings is 1. The summed E-state index contributed by atoms with van der Waals surface area (Å²) in [5, 5.41) is 8.16. The number of rotatable bonds is 5. The number of fused-ring (bicyclic) bond motifs is 1. The number of hydrogen-bond donors (Lipinski definition) is 0. The Bertz CT molecular complexity index is 1020. The maximum Gasteiger partial charge on any atom is 0.213 e. The third-order valence-corrected chi connectivity index (χ3v) is 4.01. The van der Waals surface area contributed by atoms with E-state index in [0.717, 1.165) is 29.7 Å². The predicted octanol–water partition coefficient (Wildman–Crippen LogP) is 2.52. The molecule has 0 radical (unpaired) electrons. The summed E-state index contributed by atoms with van der Waals surface area (Å²) in [6.45, 7) is 2.62. The molecule has 0 aliphatic heterocycles. The van der Waals surface area contributed by atoms with Crippen LogP contribution in [0.15, 0.2) is 43.2 Å². The van der Waals surface area contributed by atoms with Gasteiger partial charge in [-0.2, -0.15) is 4.39 Å². The van der Waals surface area contributed by atoms with Crippen molar-refractivity contribution in [3.05, 3.63) is 60.5 Å². The SMILES string of the molecule is CCCc1c(Cn2ccnc2-c2cccc(F)n2)ncn2cnnc12. The van der Waals surface area contributed by atoms with Crippen molar-refractivity contribution in [2.45, 2.75) is 26.3 Å². The molecular formula is C17H16FN7. The summed E-state index contributed by atoms with van der Waals surface area (Å²) in [5.41, 5.74) is 3.27. The molecule has 0 saturated carbocycles. The van der Waals surface area contributed by atoms with Gasteiger partial charge in [0.1, 0.15) is 18.3 Å². The summed E-state index contributed by atoms with van der Waals surface area (Å²) in [6.07, 6.45) is 8.70. The molecule has 126 valence electrons.